The Labute approximate surface area is 205 Å². The molecule has 0 spiro atoms. The Balaban J connectivity index is 1.34. The highest BCUT2D eigenvalue weighted by Gasteiger charge is 2.33. The standard InChI is InChI=1S/C29H33F3O3/c1-3-5-17-6-8-18(9-7-17)20-11-12-23(34-16-20)22-15-21-14-19-10-13-24(33-4-2)26(31)28(19)35-29(21)27(32)25(22)30/h10,12-13,15,17-18,20H,3-9,11,14,16H2,1-2H3. The summed E-state index contributed by atoms with van der Waals surface area (Å²) in [4.78, 5) is 0. The Hall–Kier alpha value is -2.63. The van der Waals surface area contributed by atoms with Gasteiger partial charge in [0, 0.05) is 17.5 Å². The summed E-state index contributed by atoms with van der Waals surface area (Å²) in [6, 6.07) is 4.81. The lowest BCUT2D eigenvalue weighted by Crippen LogP contribution is -2.27. The van der Waals surface area contributed by atoms with Crippen molar-refractivity contribution in [1.29, 1.82) is 0 Å². The predicted octanol–water partition coefficient (Wildman–Crippen LogP) is 8.18. The molecule has 188 valence electrons. The zero-order chi connectivity index (χ0) is 24.5. The van der Waals surface area contributed by atoms with Gasteiger partial charge in [0.15, 0.2) is 23.1 Å². The third kappa shape index (κ3) is 4.64. The normalized spacial score (nSPS) is 23.5. The van der Waals surface area contributed by atoms with Crippen molar-refractivity contribution in [2.24, 2.45) is 17.8 Å². The molecule has 1 unspecified atom stereocenters. The van der Waals surface area contributed by atoms with Gasteiger partial charge in [-0.1, -0.05) is 38.7 Å². The fourth-order valence-corrected chi connectivity index (χ4v) is 5.94. The molecule has 5 rings (SSSR count). The van der Waals surface area contributed by atoms with E-state index in [0.717, 1.165) is 12.3 Å². The molecule has 0 saturated heterocycles. The number of ether oxygens (including phenoxy) is 3. The van der Waals surface area contributed by atoms with Gasteiger partial charge in [0.2, 0.25) is 11.6 Å². The molecule has 6 heteroatoms. The minimum Gasteiger partial charge on any atom is -0.493 e. The fourth-order valence-electron chi connectivity index (χ4n) is 5.94. The first-order chi connectivity index (χ1) is 17.0. The smallest absolute Gasteiger partial charge is 0.207 e. The van der Waals surface area contributed by atoms with Gasteiger partial charge in [0.05, 0.1) is 18.8 Å². The van der Waals surface area contributed by atoms with E-state index >= 15 is 8.78 Å². The van der Waals surface area contributed by atoms with E-state index in [2.05, 4.69) is 6.92 Å². The van der Waals surface area contributed by atoms with Crippen molar-refractivity contribution >= 4 is 5.76 Å². The lowest BCUT2D eigenvalue weighted by Gasteiger charge is -2.35. The first kappa shape index (κ1) is 24.1. The number of hydrogen-bond acceptors (Lipinski definition) is 3. The van der Waals surface area contributed by atoms with Crippen LogP contribution in [0.1, 0.15) is 75.5 Å². The molecule has 2 aliphatic heterocycles. The molecule has 3 aliphatic rings. The molecule has 0 aromatic heterocycles. The van der Waals surface area contributed by atoms with Crippen molar-refractivity contribution in [3.63, 3.8) is 0 Å². The second-order valence-corrected chi connectivity index (χ2v) is 10.1. The molecule has 2 aromatic rings. The second kappa shape index (κ2) is 10.2. The second-order valence-electron chi connectivity index (χ2n) is 10.1. The average molecular weight is 487 g/mol. The van der Waals surface area contributed by atoms with Crippen LogP contribution in [0, 0.1) is 35.2 Å². The Morgan fingerprint density at radius 3 is 2.37 bits per heavy atom. The maximum Gasteiger partial charge on any atom is 0.207 e. The summed E-state index contributed by atoms with van der Waals surface area (Å²) >= 11 is 0. The van der Waals surface area contributed by atoms with E-state index in [-0.39, 0.29) is 35.8 Å². The molecule has 1 fully saturated rings. The van der Waals surface area contributed by atoms with Crippen LogP contribution in [0.2, 0.25) is 0 Å². The SMILES string of the molecule is CCCC1CCC(C2CC=C(c3cc4c(c(F)c3F)Oc3c(ccc(OCC)c3F)C4)OC2)CC1. The maximum absolute atomic E-state index is 15.1. The summed E-state index contributed by atoms with van der Waals surface area (Å²) in [5.41, 5.74) is 1.13. The molecule has 35 heavy (non-hydrogen) atoms. The van der Waals surface area contributed by atoms with Gasteiger partial charge in [0.1, 0.15) is 5.76 Å². The van der Waals surface area contributed by atoms with Gasteiger partial charge >= 0.3 is 0 Å². The van der Waals surface area contributed by atoms with E-state index in [0.29, 0.717) is 35.3 Å². The topological polar surface area (TPSA) is 27.7 Å². The molecular weight excluding hydrogens is 453 g/mol. The Kier molecular flexibility index (Phi) is 6.99. The van der Waals surface area contributed by atoms with E-state index in [4.69, 9.17) is 14.2 Å². The average Bonchev–Trinajstić information content (AvgIpc) is 2.88. The van der Waals surface area contributed by atoms with Crippen molar-refractivity contribution < 1.29 is 27.4 Å². The molecule has 2 heterocycles. The molecule has 0 amide bonds. The highest BCUT2D eigenvalue weighted by Crippen LogP contribution is 2.45. The van der Waals surface area contributed by atoms with Crippen LogP contribution in [-0.2, 0) is 11.2 Å². The zero-order valence-electron chi connectivity index (χ0n) is 20.5. The summed E-state index contributed by atoms with van der Waals surface area (Å²) in [7, 11) is 0. The summed E-state index contributed by atoms with van der Waals surface area (Å²) < 4.78 is 61.8. The van der Waals surface area contributed by atoms with Gasteiger partial charge in [0.25, 0.3) is 0 Å². The lowest BCUT2D eigenvalue weighted by atomic mass is 9.73. The number of rotatable bonds is 6. The summed E-state index contributed by atoms with van der Waals surface area (Å²) in [5.74, 6) is -0.924. The van der Waals surface area contributed by atoms with Gasteiger partial charge in [-0.3, -0.25) is 0 Å². The van der Waals surface area contributed by atoms with Gasteiger partial charge in [-0.05, 0) is 62.1 Å². The lowest BCUT2D eigenvalue weighted by molar-refractivity contribution is 0.117. The van der Waals surface area contributed by atoms with Crippen LogP contribution < -0.4 is 9.47 Å². The van der Waals surface area contributed by atoms with E-state index in [9.17, 15) is 4.39 Å². The van der Waals surface area contributed by atoms with Crippen LogP contribution in [0.3, 0.4) is 0 Å². The van der Waals surface area contributed by atoms with Crippen LogP contribution in [0.5, 0.6) is 17.2 Å². The van der Waals surface area contributed by atoms with Crippen LogP contribution in [0.4, 0.5) is 13.2 Å². The number of benzene rings is 2. The van der Waals surface area contributed by atoms with Gasteiger partial charge in [-0.15, -0.1) is 0 Å². The summed E-state index contributed by atoms with van der Waals surface area (Å²) in [6.07, 6.45) is 10.5. The number of allylic oxidation sites excluding steroid dienone is 1. The van der Waals surface area contributed by atoms with Crippen molar-refractivity contribution in [3.8, 4) is 17.2 Å². The molecule has 2 aromatic carbocycles. The van der Waals surface area contributed by atoms with Crippen LogP contribution in [0.25, 0.3) is 5.76 Å². The largest absolute Gasteiger partial charge is 0.493 e. The molecule has 1 aliphatic carbocycles. The highest BCUT2D eigenvalue weighted by molar-refractivity contribution is 5.65. The molecule has 3 nitrogen and oxygen atoms in total. The molecule has 0 radical (unpaired) electrons. The Bertz CT molecular complexity index is 1120. The van der Waals surface area contributed by atoms with Crippen LogP contribution in [0.15, 0.2) is 24.3 Å². The Morgan fingerprint density at radius 2 is 1.69 bits per heavy atom. The monoisotopic (exact) mass is 486 g/mol. The highest BCUT2D eigenvalue weighted by atomic mass is 19.2. The summed E-state index contributed by atoms with van der Waals surface area (Å²) in [5, 5.41) is 0. The predicted molar refractivity (Wildman–Crippen MR) is 129 cm³/mol. The van der Waals surface area contributed by atoms with E-state index < -0.39 is 17.5 Å². The molecule has 0 N–H and O–H groups in total. The minimum absolute atomic E-state index is 0.0290. The number of fused-ring (bicyclic) bond motifs is 2. The maximum atomic E-state index is 15.1. The third-order valence-electron chi connectivity index (χ3n) is 7.85. The van der Waals surface area contributed by atoms with E-state index in [1.807, 2.05) is 6.08 Å². The third-order valence-corrected chi connectivity index (χ3v) is 7.85. The van der Waals surface area contributed by atoms with Crippen molar-refractivity contribution in [3.05, 3.63) is 58.4 Å². The summed E-state index contributed by atoms with van der Waals surface area (Å²) in [6.45, 7) is 4.80. The fraction of sp³-hybridized carbons (Fsp3) is 0.517. The van der Waals surface area contributed by atoms with Gasteiger partial charge in [-0.25, -0.2) is 4.39 Å². The van der Waals surface area contributed by atoms with Gasteiger partial charge < -0.3 is 14.2 Å². The zero-order valence-corrected chi connectivity index (χ0v) is 20.5. The first-order valence-corrected chi connectivity index (χ1v) is 13.0. The minimum atomic E-state index is -1.12. The number of hydrogen-bond donors (Lipinski definition) is 0. The van der Waals surface area contributed by atoms with Crippen molar-refractivity contribution in [1.82, 2.24) is 0 Å². The molecule has 1 saturated carbocycles. The van der Waals surface area contributed by atoms with Crippen LogP contribution >= 0.6 is 0 Å². The molecule has 0 bridgehead atoms. The Morgan fingerprint density at radius 1 is 0.914 bits per heavy atom. The van der Waals surface area contributed by atoms with Crippen LogP contribution in [-0.4, -0.2) is 13.2 Å². The van der Waals surface area contributed by atoms with Gasteiger partial charge in [-0.2, -0.15) is 8.78 Å². The first-order valence-electron chi connectivity index (χ1n) is 13.0. The quantitative estimate of drug-likeness (QED) is 0.352. The van der Waals surface area contributed by atoms with E-state index in [1.165, 1.54) is 44.6 Å². The number of halogens is 3. The van der Waals surface area contributed by atoms with Crippen molar-refractivity contribution in [2.45, 2.75) is 65.2 Å². The van der Waals surface area contributed by atoms with Crippen molar-refractivity contribution in [2.75, 3.05) is 13.2 Å². The van der Waals surface area contributed by atoms with E-state index in [1.54, 1.807) is 19.1 Å². The molecule has 1 atom stereocenters. The molecular formula is C29H33F3O3.